The van der Waals surface area contributed by atoms with Gasteiger partial charge < -0.3 is 14.8 Å². The molecular formula is C23H23ClN2O3. The van der Waals surface area contributed by atoms with Gasteiger partial charge in [-0.25, -0.2) is 4.98 Å². The Morgan fingerprint density at radius 2 is 1.79 bits per heavy atom. The summed E-state index contributed by atoms with van der Waals surface area (Å²) in [5.41, 5.74) is 2.83. The van der Waals surface area contributed by atoms with Gasteiger partial charge in [-0.05, 0) is 55.3 Å². The van der Waals surface area contributed by atoms with Gasteiger partial charge in [-0.2, -0.15) is 0 Å². The zero-order chi connectivity index (χ0) is 20.4. The Morgan fingerprint density at radius 3 is 2.52 bits per heavy atom. The first-order valence-corrected chi connectivity index (χ1v) is 10.1. The highest BCUT2D eigenvalue weighted by Gasteiger charge is 2.21. The van der Waals surface area contributed by atoms with Gasteiger partial charge >= 0.3 is 0 Å². The Bertz CT molecular complexity index is 1060. The molecule has 3 aromatic rings. The van der Waals surface area contributed by atoms with Crippen LogP contribution in [0.3, 0.4) is 0 Å². The number of nitrogens with one attached hydrogen (secondary N) is 1. The molecule has 1 aliphatic rings. The quantitative estimate of drug-likeness (QED) is 0.624. The molecule has 5 nitrogen and oxygen atoms in total. The highest BCUT2D eigenvalue weighted by molar-refractivity contribution is 6.31. The van der Waals surface area contributed by atoms with Crippen LogP contribution in [0.2, 0.25) is 5.02 Å². The number of carbonyl (C=O) groups is 1. The van der Waals surface area contributed by atoms with Crippen molar-refractivity contribution in [3.8, 4) is 22.8 Å². The predicted octanol–water partition coefficient (Wildman–Crippen LogP) is 5.24. The standard InChI is InChI=1S/C23H23ClN2O3/c1-28-21-10-7-14(11-22(21)29-2)20-13-18(23(27)25-16-5-3-4-6-16)17-12-15(24)8-9-19(17)26-20/h7-13,16H,3-6H2,1-2H3,(H,25,27). The number of benzene rings is 2. The van der Waals surface area contributed by atoms with Crippen molar-refractivity contribution in [2.75, 3.05) is 14.2 Å². The molecule has 1 fully saturated rings. The van der Waals surface area contributed by atoms with Crippen LogP contribution < -0.4 is 14.8 Å². The summed E-state index contributed by atoms with van der Waals surface area (Å²) in [6, 6.07) is 13.1. The molecule has 0 atom stereocenters. The van der Waals surface area contributed by atoms with Crippen LogP contribution in [0, 0.1) is 0 Å². The number of halogens is 1. The van der Waals surface area contributed by atoms with Gasteiger partial charge in [-0.1, -0.05) is 24.4 Å². The van der Waals surface area contributed by atoms with Crippen LogP contribution in [-0.4, -0.2) is 31.2 Å². The number of pyridine rings is 1. The second kappa shape index (κ2) is 8.29. The van der Waals surface area contributed by atoms with Crippen LogP contribution in [0.5, 0.6) is 11.5 Å². The smallest absolute Gasteiger partial charge is 0.252 e. The van der Waals surface area contributed by atoms with Crippen molar-refractivity contribution >= 4 is 28.4 Å². The van der Waals surface area contributed by atoms with Crippen molar-refractivity contribution in [3.63, 3.8) is 0 Å². The molecule has 1 aromatic heterocycles. The van der Waals surface area contributed by atoms with Crippen molar-refractivity contribution in [1.82, 2.24) is 10.3 Å². The lowest BCUT2D eigenvalue weighted by molar-refractivity contribution is 0.0939. The molecule has 0 spiro atoms. The number of ether oxygens (including phenoxy) is 2. The molecule has 1 saturated carbocycles. The van der Waals surface area contributed by atoms with E-state index in [2.05, 4.69) is 5.32 Å². The zero-order valence-corrected chi connectivity index (χ0v) is 17.3. The van der Waals surface area contributed by atoms with Crippen LogP contribution in [0.25, 0.3) is 22.2 Å². The van der Waals surface area contributed by atoms with E-state index >= 15 is 0 Å². The summed E-state index contributed by atoms with van der Waals surface area (Å²) in [5.74, 6) is 1.16. The average molecular weight is 411 g/mol. The molecule has 1 amide bonds. The number of hydrogen-bond acceptors (Lipinski definition) is 4. The molecule has 0 bridgehead atoms. The highest BCUT2D eigenvalue weighted by atomic mass is 35.5. The maximum atomic E-state index is 13.1. The van der Waals surface area contributed by atoms with Crippen molar-refractivity contribution < 1.29 is 14.3 Å². The fourth-order valence-electron chi connectivity index (χ4n) is 3.86. The molecule has 0 radical (unpaired) electrons. The van der Waals surface area contributed by atoms with Gasteiger partial charge in [0.25, 0.3) is 5.91 Å². The van der Waals surface area contributed by atoms with E-state index in [9.17, 15) is 4.79 Å². The molecular weight excluding hydrogens is 388 g/mol. The fraction of sp³-hybridized carbons (Fsp3) is 0.304. The maximum Gasteiger partial charge on any atom is 0.252 e. The average Bonchev–Trinajstić information content (AvgIpc) is 3.25. The lowest BCUT2D eigenvalue weighted by Crippen LogP contribution is -2.32. The Hall–Kier alpha value is -2.79. The van der Waals surface area contributed by atoms with Gasteiger partial charge in [0.05, 0.1) is 31.0 Å². The molecule has 1 aliphatic carbocycles. The number of aromatic nitrogens is 1. The molecule has 0 unspecified atom stereocenters. The van der Waals surface area contributed by atoms with Crippen molar-refractivity contribution in [2.45, 2.75) is 31.7 Å². The van der Waals surface area contributed by atoms with E-state index in [1.54, 1.807) is 26.4 Å². The van der Waals surface area contributed by atoms with Crippen molar-refractivity contribution in [3.05, 3.63) is 53.1 Å². The van der Waals surface area contributed by atoms with E-state index in [1.807, 2.05) is 30.3 Å². The second-order valence-corrected chi connectivity index (χ2v) is 7.68. The molecule has 6 heteroatoms. The monoisotopic (exact) mass is 410 g/mol. The lowest BCUT2D eigenvalue weighted by Gasteiger charge is -2.15. The molecule has 0 aliphatic heterocycles. The third-order valence-electron chi connectivity index (χ3n) is 5.39. The minimum atomic E-state index is -0.0895. The van der Waals surface area contributed by atoms with Gasteiger partial charge in [-0.3, -0.25) is 4.79 Å². The van der Waals surface area contributed by atoms with Crippen LogP contribution in [0.4, 0.5) is 0 Å². The number of methoxy groups -OCH3 is 2. The Kier molecular flexibility index (Phi) is 5.58. The Morgan fingerprint density at radius 1 is 1.03 bits per heavy atom. The third-order valence-corrected chi connectivity index (χ3v) is 5.62. The number of fused-ring (bicyclic) bond motifs is 1. The third kappa shape index (κ3) is 4.01. The highest BCUT2D eigenvalue weighted by Crippen LogP contribution is 2.33. The van der Waals surface area contributed by atoms with E-state index in [1.165, 1.54) is 0 Å². The number of hydrogen-bond donors (Lipinski definition) is 1. The summed E-state index contributed by atoms with van der Waals surface area (Å²) in [7, 11) is 3.19. The van der Waals surface area contributed by atoms with E-state index in [-0.39, 0.29) is 11.9 Å². The van der Waals surface area contributed by atoms with Gasteiger partial charge in [0, 0.05) is 22.0 Å². The summed E-state index contributed by atoms with van der Waals surface area (Å²) in [6.07, 6.45) is 4.37. The van der Waals surface area contributed by atoms with Crippen molar-refractivity contribution in [1.29, 1.82) is 0 Å². The molecule has 0 saturated heterocycles. The Balaban J connectivity index is 1.81. The first kappa shape index (κ1) is 19.5. The van der Waals surface area contributed by atoms with Gasteiger partial charge in [0.1, 0.15) is 0 Å². The van der Waals surface area contributed by atoms with E-state index in [0.717, 1.165) is 42.1 Å². The van der Waals surface area contributed by atoms with E-state index < -0.39 is 0 Å². The summed E-state index contributed by atoms with van der Waals surface area (Å²) in [5, 5.41) is 4.50. The predicted molar refractivity (Wildman–Crippen MR) is 115 cm³/mol. The Labute approximate surface area is 175 Å². The summed E-state index contributed by atoms with van der Waals surface area (Å²) < 4.78 is 10.7. The van der Waals surface area contributed by atoms with Crippen LogP contribution >= 0.6 is 11.6 Å². The number of nitrogens with zero attached hydrogens (tertiary/aromatic N) is 1. The molecule has 29 heavy (non-hydrogen) atoms. The van der Waals surface area contributed by atoms with E-state index in [0.29, 0.717) is 27.8 Å². The minimum absolute atomic E-state index is 0.0895. The lowest BCUT2D eigenvalue weighted by atomic mass is 10.0. The van der Waals surface area contributed by atoms with Crippen molar-refractivity contribution in [2.24, 2.45) is 0 Å². The number of carbonyl (C=O) groups excluding carboxylic acids is 1. The van der Waals surface area contributed by atoms with Crippen LogP contribution in [0.15, 0.2) is 42.5 Å². The molecule has 1 N–H and O–H groups in total. The first-order valence-electron chi connectivity index (χ1n) is 9.72. The molecule has 4 rings (SSSR count). The molecule has 2 aromatic carbocycles. The normalized spacial score (nSPS) is 14.2. The SMILES string of the molecule is COc1ccc(-c2cc(C(=O)NC3CCCC3)c3cc(Cl)ccc3n2)cc1OC. The summed E-state index contributed by atoms with van der Waals surface area (Å²) in [6.45, 7) is 0. The summed E-state index contributed by atoms with van der Waals surface area (Å²) >= 11 is 6.21. The van der Waals surface area contributed by atoms with Crippen LogP contribution in [-0.2, 0) is 0 Å². The van der Waals surface area contributed by atoms with Gasteiger partial charge in [0.2, 0.25) is 0 Å². The molecule has 1 heterocycles. The minimum Gasteiger partial charge on any atom is -0.493 e. The zero-order valence-electron chi connectivity index (χ0n) is 16.5. The fourth-order valence-corrected chi connectivity index (χ4v) is 4.03. The topological polar surface area (TPSA) is 60.5 Å². The number of amides is 1. The maximum absolute atomic E-state index is 13.1. The largest absolute Gasteiger partial charge is 0.493 e. The van der Waals surface area contributed by atoms with Gasteiger partial charge in [-0.15, -0.1) is 0 Å². The van der Waals surface area contributed by atoms with Crippen LogP contribution in [0.1, 0.15) is 36.0 Å². The first-order chi connectivity index (χ1) is 14.1. The van der Waals surface area contributed by atoms with Gasteiger partial charge in [0.15, 0.2) is 11.5 Å². The second-order valence-electron chi connectivity index (χ2n) is 7.24. The van der Waals surface area contributed by atoms with E-state index in [4.69, 9.17) is 26.1 Å². The number of rotatable bonds is 5. The summed E-state index contributed by atoms with van der Waals surface area (Å²) in [4.78, 5) is 17.9. The molecule has 150 valence electrons.